The van der Waals surface area contributed by atoms with Gasteiger partial charge in [0.05, 0.1) is 26.2 Å². The van der Waals surface area contributed by atoms with Crippen LogP contribution in [0.15, 0.2) is 85.1 Å². The number of phosphoric acid groups is 1. The van der Waals surface area contributed by atoms with Crippen molar-refractivity contribution < 1.29 is 52.2 Å². The van der Waals surface area contributed by atoms with Gasteiger partial charge in [0.1, 0.15) is 12.7 Å². The number of esters is 3. The van der Waals surface area contributed by atoms with Crippen LogP contribution in [0.3, 0.4) is 0 Å². The zero-order chi connectivity index (χ0) is 51.3. The molecule has 2 N–H and O–H groups in total. The minimum atomic E-state index is -4.77. The van der Waals surface area contributed by atoms with Gasteiger partial charge < -0.3 is 24.2 Å². The van der Waals surface area contributed by atoms with Gasteiger partial charge in [0.25, 0.3) is 0 Å². The van der Waals surface area contributed by atoms with E-state index in [1.54, 1.807) is 6.08 Å². The van der Waals surface area contributed by atoms with E-state index in [0.717, 1.165) is 103 Å². The first-order valence-electron chi connectivity index (χ1n) is 27.5. The number of carbonyl (C=O) groups excluding carboxylic acids is 3. The van der Waals surface area contributed by atoms with E-state index < -0.39 is 57.8 Å². The maximum atomic E-state index is 12.9. The Labute approximate surface area is 426 Å². The molecule has 0 amide bonds. The zero-order valence-corrected chi connectivity index (χ0v) is 45.1. The van der Waals surface area contributed by atoms with Crippen LogP contribution in [0.1, 0.15) is 226 Å². The van der Waals surface area contributed by atoms with Crippen molar-refractivity contribution in [3.05, 3.63) is 85.1 Å². The first-order valence-corrected chi connectivity index (χ1v) is 29.0. The van der Waals surface area contributed by atoms with Gasteiger partial charge in [-0.3, -0.25) is 23.4 Å². The van der Waals surface area contributed by atoms with Crippen LogP contribution in [0.25, 0.3) is 0 Å². The van der Waals surface area contributed by atoms with Gasteiger partial charge in [0.15, 0.2) is 6.10 Å². The molecule has 0 bridgehead atoms. The van der Waals surface area contributed by atoms with Crippen LogP contribution >= 0.6 is 7.82 Å². The lowest BCUT2D eigenvalue weighted by atomic mass is 10.1. The number of unbranched alkanes of at least 4 members (excludes halogenated alkanes) is 20. The van der Waals surface area contributed by atoms with Gasteiger partial charge in [-0.15, -0.1) is 0 Å². The van der Waals surface area contributed by atoms with E-state index >= 15 is 0 Å². The predicted octanol–water partition coefficient (Wildman–Crippen LogP) is 15.9. The standard InChI is InChI=1S/C58H99O11P/c1-4-7-10-13-16-19-22-25-27-30-32-35-38-41-44-47-56(60)65-51-55(69-58(62)49-46-43-40-37-34-31-28-26-23-20-17-14-11-8-5-2)53-67-70(63,64)66-52-54(50-59)68-57(61)48-45-42-39-36-33-29-24-21-18-15-12-9-6-3/h8,11,17,20-21,24-28,34,37,43,46,54-55,59H,4-7,9-10,12-16,18-19,22-23,29-33,35-36,38-42,44-45,47-53H2,1-3H3,(H,63,64)/b11-8-,20-17-,24-21-,27-25-,28-26-,37-34-,46-43-. The van der Waals surface area contributed by atoms with Gasteiger partial charge in [-0.2, -0.15) is 0 Å². The van der Waals surface area contributed by atoms with E-state index in [4.69, 9.17) is 23.3 Å². The summed E-state index contributed by atoms with van der Waals surface area (Å²) >= 11 is 0. The fourth-order valence-corrected chi connectivity index (χ4v) is 7.91. The minimum absolute atomic E-state index is 0.0688. The van der Waals surface area contributed by atoms with Crippen molar-refractivity contribution in [1.29, 1.82) is 0 Å². The summed E-state index contributed by atoms with van der Waals surface area (Å²) in [5.74, 6) is -1.64. The molecule has 0 aliphatic carbocycles. The third-order valence-electron chi connectivity index (χ3n) is 11.3. The van der Waals surface area contributed by atoms with Crippen LogP contribution in [0.5, 0.6) is 0 Å². The average molecular weight is 1000 g/mol. The Bertz CT molecular complexity index is 1500. The molecule has 0 radical (unpaired) electrons. The minimum Gasteiger partial charge on any atom is -0.462 e. The van der Waals surface area contributed by atoms with Gasteiger partial charge in [0, 0.05) is 12.8 Å². The number of phosphoric ester groups is 1. The van der Waals surface area contributed by atoms with Gasteiger partial charge in [-0.05, 0) is 96.3 Å². The largest absolute Gasteiger partial charge is 0.472 e. The second kappa shape index (κ2) is 52.0. The molecule has 0 aromatic rings. The number of aliphatic hydroxyl groups is 1. The zero-order valence-electron chi connectivity index (χ0n) is 44.2. The van der Waals surface area contributed by atoms with Crippen LogP contribution in [0.4, 0.5) is 0 Å². The fourth-order valence-electron chi connectivity index (χ4n) is 7.13. The summed E-state index contributed by atoms with van der Waals surface area (Å²) in [6.07, 6.45) is 58.6. The molecule has 0 aromatic carbocycles. The Morgan fingerprint density at radius 1 is 0.429 bits per heavy atom. The molecule has 0 aromatic heterocycles. The van der Waals surface area contributed by atoms with E-state index in [9.17, 15) is 28.9 Å². The highest BCUT2D eigenvalue weighted by atomic mass is 31.2. The first-order chi connectivity index (χ1) is 34.2. The number of hydrogen-bond donors (Lipinski definition) is 2. The molecule has 0 aliphatic rings. The summed E-state index contributed by atoms with van der Waals surface area (Å²) < 4.78 is 39.3. The Morgan fingerprint density at radius 3 is 1.26 bits per heavy atom. The molecule has 3 unspecified atom stereocenters. The number of allylic oxidation sites excluding steroid dienone is 13. The molecule has 11 nitrogen and oxygen atoms in total. The van der Waals surface area contributed by atoms with Gasteiger partial charge >= 0.3 is 25.7 Å². The highest BCUT2D eigenvalue weighted by Crippen LogP contribution is 2.43. The molecule has 0 saturated carbocycles. The number of rotatable bonds is 50. The van der Waals surface area contributed by atoms with Crippen LogP contribution in [-0.2, 0) is 42.2 Å². The lowest BCUT2D eigenvalue weighted by Gasteiger charge is -2.21. The maximum absolute atomic E-state index is 12.9. The summed E-state index contributed by atoms with van der Waals surface area (Å²) in [7, 11) is -4.77. The highest BCUT2D eigenvalue weighted by Gasteiger charge is 2.28. The summed E-state index contributed by atoms with van der Waals surface area (Å²) in [6.45, 7) is 4.37. The Balaban J connectivity index is 4.86. The molecular weight excluding hydrogens is 904 g/mol. The van der Waals surface area contributed by atoms with Crippen LogP contribution in [0, 0.1) is 0 Å². The number of aliphatic hydroxyl groups excluding tert-OH is 1. The van der Waals surface area contributed by atoms with Crippen molar-refractivity contribution in [2.75, 3.05) is 26.4 Å². The van der Waals surface area contributed by atoms with E-state index in [1.165, 1.54) is 64.2 Å². The Kier molecular flexibility index (Phi) is 49.5. The van der Waals surface area contributed by atoms with Gasteiger partial charge in [-0.25, -0.2) is 4.57 Å². The second-order valence-electron chi connectivity index (χ2n) is 18.0. The molecule has 402 valence electrons. The van der Waals surface area contributed by atoms with E-state index in [2.05, 4.69) is 81.5 Å². The smallest absolute Gasteiger partial charge is 0.462 e. The summed E-state index contributed by atoms with van der Waals surface area (Å²) in [6, 6.07) is 0. The van der Waals surface area contributed by atoms with Crippen LogP contribution < -0.4 is 0 Å². The van der Waals surface area contributed by atoms with E-state index in [0.29, 0.717) is 19.3 Å². The summed E-state index contributed by atoms with van der Waals surface area (Å²) in [5.41, 5.74) is 0. The third kappa shape index (κ3) is 49.6. The van der Waals surface area contributed by atoms with Crippen molar-refractivity contribution in [2.24, 2.45) is 0 Å². The van der Waals surface area contributed by atoms with Gasteiger partial charge in [0.2, 0.25) is 0 Å². The molecule has 12 heteroatoms. The van der Waals surface area contributed by atoms with Gasteiger partial charge in [-0.1, -0.05) is 196 Å². The normalized spacial score (nSPS) is 14.1. The lowest BCUT2D eigenvalue weighted by molar-refractivity contribution is -0.160. The van der Waals surface area contributed by atoms with Crippen molar-refractivity contribution in [3.8, 4) is 0 Å². The summed E-state index contributed by atoms with van der Waals surface area (Å²) in [5, 5.41) is 9.78. The molecule has 0 saturated heterocycles. The molecule has 0 rings (SSSR count). The monoisotopic (exact) mass is 1000 g/mol. The molecule has 0 heterocycles. The predicted molar refractivity (Wildman–Crippen MR) is 288 cm³/mol. The number of hydrogen-bond acceptors (Lipinski definition) is 10. The van der Waals surface area contributed by atoms with Crippen LogP contribution in [0.2, 0.25) is 0 Å². The quantitative estimate of drug-likeness (QED) is 0.0197. The Hall–Kier alpha value is -3.34. The SMILES string of the molecule is CC/C=C\C/C=C\C/C=C\C/C=C\C/C=C\CC(=O)OC(COC(=O)CCCCCCC/C=C\CCCCCCCC)COP(=O)(O)OCC(CO)OC(=O)CCCCCCC/C=C\CCCCCC. The fraction of sp³-hybridized carbons (Fsp3) is 0.707. The third-order valence-corrected chi connectivity index (χ3v) is 12.3. The molecule has 70 heavy (non-hydrogen) atoms. The molecule has 0 aliphatic heterocycles. The molecule has 0 spiro atoms. The number of ether oxygens (including phenoxy) is 3. The number of carbonyl (C=O) groups is 3. The van der Waals surface area contributed by atoms with Crippen LogP contribution in [-0.4, -0.2) is 66.5 Å². The lowest BCUT2D eigenvalue weighted by Crippen LogP contribution is -2.30. The highest BCUT2D eigenvalue weighted by molar-refractivity contribution is 7.47. The van der Waals surface area contributed by atoms with E-state index in [-0.39, 0.29) is 25.9 Å². The van der Waals surface area contributed by atoms with Crippen molar-refractivity contribution >= 4 is 25.7 Å². The molecule has 3 atom stereocenters. The Morgan fingerprint density at radius 2 is 0.800 bits per heavy atom. The maximum Gasteiger partial charge on any atom is 0.472 e. The van der Waals surface area contributed by atoms with Crippen molar-refractivity contribution in [3.63, 3.8) is 0 Å². The van der Waals surface area contributed by atoms with Crippen molar-refractivity contribution in [2.45, 2.75) is 238 Å². The van der Waals surface area contributed by atoms with Crippen molar-refractivity contribution in [1.82, 2.24) is 0 Å². The summed E-state index contributed by atoms with van der Waals surface area (Å²) in [4.78, 5) is 48.3. The molecular formula is C58H99O11P. The topological polar surface area (TPSA) is 155 Å². The second-order valence-corrected chi connectivity index (χ2v) is 19.5. The molecule has 0 fully saturated rings. The first kappa shape index (κ1) is 66.7. The van der Waals surface area contributed by atoms with E-state index in [1.807, 2.05) is 18.2 Å². The average Bonchev–Trinajstić information content (AvgIpc) is 3.35.